The minimum atomic E-state index is 0.681. The van der Waals surface area contributed by atoms with Gasteiger partial charge in [0.05, 0.1) is 66.7 Å². The maximum Gasteiger partial charge on any atom is 0.235 e. The van der Waals surface area contributed by atoms with Crippen LogP contribution in [-0.4, -0.2) is 43.6 Å². The van der Waals surface area contributed by atoms with Crippen molar-refractivity contribution in [2.75, 3.05) is 0 Å². The lowest BCUT2D eigenvalue weighted by Crippen LogP contribution is -2.03. The average Bonchev–Trinajstić information content (AvgIpc) is 1.56. The van der Waals surface area contributed by atoms with Crippen molar-refractivity contribution >= 4 is 257 Å². The summed E-state index contributed by atoms with van der Waals surface area (Å²) in [5.74, 6) is 2.04. The summed E-state index contributed by atoms with van der Waals surface area (Å²) in [4.78, 5) is 31.2. The number of hydrogen-bond acceptors (Lipinski definition) is 9. The van der Waals surface area contributed by atoms with Crippen LogP contribution >= 0.6 is 34.0 Å². The van der Waals surface area contributed by atoms with Crippen molar-refractivity contribution in [1.82, 2.24) is 43.6 Å². The van der Waals surface area contributed by atoms with Crippen molar-refractivity contribution in [3.63, 3.8) is 0 Å². The molecular formula is C120H69N9S3. The first kappa shape index (κ1) is 74.4. The molecule has 0 fully saturated rings. The number of hydrogen-bond donors (Lipinski definition) is 0. The molecule has 0 aliphatic heterocycles. The fourth-order valence-corrected chi connectivity index (χ4v) is 24.5. The van der Waals surface area contributed by atoms with Crippen LogP contribution in [0.15, 0.2) is 419 Å². The quantitative estimate of drug-likeness (QED) is 0.154. The first-order chi connectivity index (χ1) is 65.4. The van der Waals surface area contributed by atoms with E-state index in [2.05, 4.69) is 396 Å². The van der Waals surface area contributed by atoms with E-state index in [9.17, 15) is 0 Å². The fourth-order valence-electron chi connectivity index (χ4n) is 20.9. The van der Waals surface area contributed by atoms with Gasteiger partial charge in [0.15, 0.2) is 0 Å². The van der Waals surface area contributed by atoms with Gasteiger partial charge in [-0.1, -0.05) is 309 Å². The highest BCUT2D eigenvalue weighted by Gasteiger charge is 2.26. The molecule has 0 radical (unpaired) electrons. The maximum atomic E-state index is 5.27. The molecule has 0 bridgehead atoms. The summed E-state index contributed by atoms with van der Waals surface area (Å²) < 4.78 is 14.7. The molecule has 132 heavy (non-hydrogen) atoms. The smallest absolute Gasteiger partial charge is 0.235 e. The van der Waals surface area contributed by atoms with E-state index in [1.807, 2.05) is 70.4 Å². The molecule has 9 nitrogen and oxygen atoms in total. The Labute approximate surface area is 765 Å². The molecule has 21 aromatic carbocycles. The van der Waals surface area contributed by atoms with Gasteiger partial charge in [-0.15, -0.1) is 34.0 Å². The third-order valence-electron chi connectivity index (χ3n) is 26.9. The maximum absolute atomic E-state index is 5.27. The lowest BCUT2D eigenvalue weighted by Gasteiger charge is -2.12. The van der Waals surface area contributed by atoms with E-state index >= 15 is 0 Å². The molecule has 30 aromatic rings. The third-order valence-corrected chi connectivity index (χ3v) is 30.4. The highest BCUT2D eigenvalue weighted by Crippen LogP contribution is 2.49. The summed E-state index contributed by atoms with van der Waals surface area (Å²) in [6, 6.07) is 150. The van der Waals surface area contributed by atoms with Gasteiger partial charge in [-0.05, 0) is 168 Å². The van der Waals surface area contributed by atoms with Crippen molar-refractivity contribution in [3.8, 4) is 51.6 Å². The Morgan fingerprint density at radius 1 is 0.159 bits per heavy atom. The first-order valence-electron chi connectivity index (χ1n) is 44.5. The molecule has 0 saturated carbocycles. The molecule has 612 valence electrons. The van der Waals surface area contributed by atoms with E-state index in [1.54, 1.807) is 0 Å². The summed E-state index contributed by atoms with van der Waals surface area (Å²) in [6.45, 7) is 0. The SMILES string of the molecule is c1ccc(-c2nc(-n3c4ccccc4c4cc5c(ccc6cc7c(cc65)sc5ccccc57)cc43)nc3ccccc23)cc1.c1ccc(-c2nc(-n3c4ccccc4c4cc5c(ccc6ccc7c8ccccc8sc7c65)cc43)nc3ccccc23)cc1.c1ccc(-c2nc(-n3c4ccccc4c4cc5c(ccc6ccc7sc8ccccc8c7c65)cc43)nc3ccccc23)cc1. The monoisotopic (exact) mass is 1730 g/mol. The molecule has 0 amide bonds. The van der Waals surface area contributed by atoms with Crippen molar-refractivity contribution in [2.45, 2.75) is 0 Å². The number of para-hydroxylation sites is 6. The molecule has 0 saturated heterocycles. The highest BCUT2D eigenvalue weighted by molar-refractivity contribution is 7.27. The molecule has 0 atom stereocenters. The molecule has 12 heteroatoms. The van der Waals surface area contributed by atoms with E-state index in [0.29, 0.717) is 17.8 Å². The highest BCUT2D eigenvalue weighted by atomic mass is 32.1. The molecular weight excluding hydrogens is 1660 g/mol. The van der Waals surface area contributed by atoms with Crippen LogP contribution in [-0.2, 0) is 0 Å². The van der Waals surface area contributed by atoms with Gasteiger partial charge in [0, 0.05) is 131 Å². The van der Waals surface area contributed by atoms with Gasteiger partial charge < -0.3 is 0 Å². The van der Waals surface area contributed by atoms with Gasteiger partial charge in [-0.25, -0.2) is 29.9 Å². The Hall–Kier alpha value is -16.7. The summed E-state index contributed by atoms with van der Waals surface area (Å²) >= 11 is 5.64. The van der Waals surface area contributed by atoms with E-state index in [1.165, 1.54) is 157 Å². The zero-order chi connectivity index (χ0) is 86.3. The second-order valence-corrected chi connectivity index (χ2v) is 37.5. The van der Waals surface area contributed by atoms with Crippen LogP contribution < -0.4 is 0 Å². The van der Waals surface area contributed by atoms with Crippen molar-refractivity contribution < 1.29 is 0 Å². The first-order valence-corrected chi connectivity index (χ1v) is 47.0. The van der Waals surface area contributed by atoms with Crippen LogP contribution in [0.2, 0.25) is 0 Å². The van der Waals surface area contributed by atoms with Crippen LogP contribution in [0.4, 0.5) is 0 Å². The zero-order valence-electron chi connectivity index (χ0n) is 70.6. The molecule has 9 aromatic heterocycles. The number of benzene rings is 21. The molecule has 30 rings (SSSR count). The van der Waals surface area contributed by atoms with Gasteiger partial charge in [0.2, 0.25) is 17.8 Å². The lowest BCUT2D eigenvalue weighted by atomic mass is 9.96. The minimum Gasteiger partial charge on any atom is -0.278 e. The fraction of sp³-hybridized carbons (Fsp3) is 0. The van der Waals surface area contributed by atoms with E-state index < -0.39 is 0 Å². The van der Waals surface area contributed by atoms with Crippen molar-refractivity contribution in [1.29, 1.82) is 0 Å². The Balaban J connectivity index is 0.0000000991. The summed E-state index contributed by atoms with van der Waals surface area (Å²) in [6.07, 6.45) is 0. The van der Waals surface area contributed by atoms with Crippen LogP contribution in [0.1, 0.15) is 0 Å². The standard InChI is InChI=1S/3C40H23N3S/c1-2-10-24(11-3-1)39-29-14-4-7-15-34(29)41-40(42-39)43-35-16-8-5-12-27(35)32-22-30-26(21-36(32)43)19-18-25-20-33-28-13-6-9-17-37(28)44-38(33)23-31(25)30;1-2-10-25(11-3-1)38-30-14-4-7-15-33(30)41-40(42-38)43-34-16-8-5-12-27(34)32-23-31-26(22-35(32)43)19-18-24-20-21-29-28-13-6-9-17-36(28)44-39(29)37(24)31;1-2-10-25(11-3-1)39-28-13-4-7-15-32(28)41-40(42-39)43-33-16-8-5-12-27(33)31-23-30-26(22-34(31)43)19-18-24-20-21-36-38(37(24)30)29-14-6-9-17-35(29)44-36/h3*1-23H. The largest absolute Gasteiger partial charge is 0.278 e. The number of thiophene rings is 3. The third kappa shape index (κ3) is 11.6. The average molecular weight is 1730 g/mol. The molecule has 0 N–H and O–H groups in total. The Morgan fingerprint density at radius 2 is 0.485 bits per heavy atom. The molecule has 9 heterocycles. The normalized spacial score (nSPS) is 12.1. The minimum absolute atomic E-state index is 0.681. The lowest BCUT2D eigenvalue weighted by molar-refractivity contribution is 1.01. The Bertz CT molecular complexity index is 10100. The van der Waals surface area contributed by atoms with Crippen LogP contribution in [0.5, 0.6) is 0 Å². The van der Waals surface area contributed by atoms with Gasteiger partial charge in [-0.3, -0.25) is 13.7 Å². The predicted octanol–water partition coefficient (Wildman–Crippen LogP) is 33.2. The predicted molar refractivity (Wildman–Crippen MR) is 562 cm³/mol. The van der Waals surface area contributed by atoms with Gasteiger partial charge in [0.1, 0.15) is 0 Å². The number of nitrogens with zero attached hydrogens (tertiary/aromatic N) is 9. The van der Waals surface area contributed by atoms with E-state index in [4.69, 9.17) is 29.9 Å². The van der Waals surface area contributed by atoms with Crippen molar-refractivity contribution in [2.24, 2.45) is 0 Å². The van der Waals surface area contributed by atoms with Crippen LogP contribution in [0.25, 0.3) is 275 Å². The van der Waals surface area contributed by atoms with E-state index in [0.717, 1.165) is 99.6 Å². The molecule has 0 unspecified atom stereocenters. The second-order valence-electron chi connectivity index (χ2n) is 34.2. The summed E-state index contributed by atoms with van der Waals surface area (Å²) in [5.41, 5.74) is 15.5. The van der Waals surface area contributed by atoms with Gasteiger partial charge in [-0.2, -0.15) is 0 Å². The number of aromatic nitrogens is 9. The summed E-state index contributed by atoms with van der Waals surface area (Å²) in [7, 11) is 0. The summed E-state index contributed by atoms with van der Waals surface area (Å²) in [5, 5.41) is 33.5. The van der Waals surface area contributed by atoms with E-state index in [-0.39, 0.29) is 0 Å². The van der Waals surface area contributed by atoms with Gasteiger partial charge >= 0.3 is 0 Å². The topological polar surface area (TPSA) is 92.1 Å². The Morgan fingerprint density at radius 3 is 0.962 bits per heavy atom. The molecule has 0 aliphatic rings. The number of fused-ring (bicyclic) bond motifs is 32. The van der Waals surface area contributed by atoms with Crippen LogP contribution in [0, 0.1) is 0 Å². The van der Waals surface area contributed by atoms with Crippen molar-refractivity contribution in [3.05, 3.63) is 419 Å². The zero-order valence-corrected chi connectivity index (χ0v) is 73.0. The molecule has 0 aliphatic carbocycles. The second kappa shape index (κ2) is 29.4. The molecule has 0 spiro atoms. The van der Waals surface area contributed by atoms with Crippen LogP contribution in [0.3, 0.4) is 0 Å². The Kier molecular flexibility index (Phi) is 16.6. The number of rotatable bonds is 6. The van der Waals surface area contributed by atoms with Gasteiger partial charge in [0.25, 0.3) is 0 Å².